The first-order valence-electron chi connectivity index (χ1n) is 5.09. The standard InChI is InChI=1S/C13H16/c1-3-11-5-7-12-8-10(2)4-6-13(12)9-11/h4-7,9-10H,3,8H2,1-2H3. The molecular formula is C13H16. The van der Waals surface area contributed by atoms with Crippen molar-refractivity contribution in [3.8, 4) is 0 Å². The highest BCUT2D eigenvalue weighted by Crippen LogP contribution is 2.23. The summed E-state index contributed by atoms with van der Waals surface area (Å²) < 4.78 is 0. The molecule has 1 aliphatic rings. The lowest BCUT2D eigenvalue weighted by Crippen LogP contribution is -2.03. The van der Waals surface area contributed by atoms with E-state index >= 15 is 0 Å². The lowest BCUT2D eigenvalue weighted by atomic mass is 9.89. The third-order valence-electron chi connectivity index (χ3n) is 2.76. The van der Waals surface area contributed by atoms with Crippen LogP contribution in [0.4, 0.5) is 0 Å². The van der Waals surface area contributed by atoms with Gasteiger partial charge in [-0.2, -0.15) is 0 Å². The lowest BCUT2D eigenvalue weighted by Gasteiger charge is -2.16. The monoisotopic (exact) mass is 172 g/mol. The summed E-state index contributed by atoms with van der Waals surface area (Å²) in [4.78, 5) is 0. The van der Waals surface area contributed by atoms with Gasteiger partial charge in [0.15, 0.2) is 0 Å². The van der Waals surface area contributed by atoms with Crippen molar-refractivity contribution >= 4 is 6.08 Å². The number of hydrogen-bond acceptors (Lipinski definition) is 0. The van der Waals surface area contributed by atoms with Crippen molar-refractivity contribution in [1.29, 1.82) is 0 Å². The second-order valence-electron chi connectivity index (χ2n) is 3.93. The third kappa shape index (κ3) is 1.67. The van der Waals surface area contributed by atoms with Crippen molar-refractivity contribution in [2.45, 2.75) is 26.7 Å². The molecule has 0 bridgehead atoms. The van der Waals surface area contributed by atoms with Gasteiger partial charge in [-0.05, 0) is 35.4 Å². The van der Waals surface area contributed by atoms with E-state index in [-0.39, 0.29) is 0 Å². The molecule has 13 heavy (non-hydrogen) atoms. The topological polar surface area (TPSA) is 0 Å². The molecule has 1 aliphatic carbocycles. The Morgan fingerprint density at radius 1 is 1.38 bits per heavy atom. The zero-order valence-electron chi connectivity index (χ0n) is 8.38. The van der Waals surface area contributed by atoms with Crippen LogP contribution >= 0.6 is 0 Å². The molecule has 0 saturated heterocycles. The van der Waals surface area contributed by atoms with E-state index < -0.39 is 0 Å². The van der Waals surface area contributed by atoms with Gasteiger partial charge < -0.3 is 0 Å². The number of hydrogen-bond donors (Lipinski definition) is 0. The fourth-order valence-electron chi connectivity index (χ4n) is 1.89. The molecule has 0 radical (unpaired) electrons. The van der Waals surface area contributed by atoms with E-state index in [1.807, 2.05) is 0 Å². The van der Waals surface area contributed by atoms with Crippen LogP contribution in [0.25, 0.3) is 6.08 Å². The summed E-state index contributed by atoms with van der Waals surface area (Å²) >= 11 is 0. The third-order valence-corrected chi connectivity index (χ3v) is 2.76. The molecule has 0 amide bonds. The molecule has 0 nitrogen and oxygen atoms in total. The predicted octanol–water partition coefficient (Wildman–Crippen LogP) is 3.45. The van der Waals surface area contributed by atoms with Crippen LogP contribution in [0.15, 0.2) is 24.3 Å². The molecule has 0 saturated carbocycles. The van der Waals surface area contributed by atoms with Crippen LogP contribution in [0, 0.1) is 5.92 Å². The van der Waals surface area contributed by atoms with E-state index in [1.165, 1.54) is 23.1 Å². The zero-order valence-corrected chi connectivity index (χ0v) is 8.38. The second-order valence-corrected chi connectivity index (χ2v) is 3.93. The molecular weight excluding hydrogens is 156 g/mol. The Hall–Kier alpha value is -1.04. The van der Waals surface area contributed by atoms with Crippen LogP contribution in [-0.2, 0) is 12.8 Å². The van der Waals surface area contributed by atoms with E-state index in [2.05, 4.69) is 44.2 Å². The molecule has 1 aromatic carbocycles. The second kappa shape index (κ2) is 3.37. The fourth-order valence-corrected chi connectivity index (χ4v) is 1.89. The molecule has 1 unspecified atom stereocenters. The van der Waals surface area contributed by atoms with Gasteiger partial charge in [0.25, 0.3) is 0 Å². The molecule has 0 aliphatic heterocycles. The molecule has 1 atom stereocenters. The van der Waals surface area contributed by atoms with Gasteiger partial charge in [0.05, 0.1) is 0 Å². The highest BCUT2D eigenvalue weighted by Gasteiger charge is 2.09. The Balaban J connectivity index is 2.40. The van der Waals surface area contributed by atoms with Gasteiger partial charge in [-0.15, -0.1) is 0 Å². The summed E-state index contributed by atoms with van der Waals surface area (Å²) in [5, 5.41) is 0. The first-order valence-corrected chi connectivity index (χ1v) is 5.09. The van der Waals surface area contributed by atoms with E-state index in [0.717, 1.165) is 6.42 Å². The number of rotatable bonds is 1. The van der Waals surface area contributed by atoms with Crippen molar-refractivity contribution in [2.24, 2.45) is 5.92 Å². The molecule has 0 fully saturated rings. The van der Waals surface area contributed by atoms with Crippen LogP contribution in [0.1, 0.15) is 30.5 Å². The van der Waals surface area contributed by atoms with Crippen LogP contribution in [0.3, 0.4) is 0 Å². The van der Waals surface area contributed by atoms with Crippen molar-refractivity contribution in [2.75, 3.05) is 0 Å². The Labute approximate surface area is 80.3 Å². The van der Waals surface area contributed by atoms with Crippen molar-refractivity contribution in [3.63, 3.8) is 0 Å². The molecule has 1 aromatic rings. The van der Waals surface area contributed by atoms with Gasteiger partial charge in [-0.1, -0.05) is 44.2 Å². The zero-order chi connectivity index (χ0) is 9.26. The first-order chi connectivity index (χ1) is 6.29. The maximum absolute atomic E-state index is 2.32. The highest BCUT2D eigenvalue weighted by molar-refractivity contribution is 5.57. The number of benzene rings is 1. The minimum atomic E-state index is 0.708. The summed E-state index contributed by atoms with van der Waals surface area (Å²) in [6.07, 6.45) is 6.91. The summed E-state index contributed by atoms with van der Waals surface area (Å²) in [5.74, 6) is 0.708. The first kappa shape index (κ1) is 8.55. The van der Waals surface area contributed by atoms with E-state index in [0.29, 0.717) is 5.92 Å². The normalized spacial score (nSPS) is 20.0. The van der Waals surface area contributed by atoms with E-state index in [1.54, 1.807) is 0 Å². The van der Waals surface area contributed by atoms with Gasteiger partial charge in [0, 0.05) is 0 Å². The van der Waals surface area contributed by atoms with Crippen LogP contribution < -0.4 is 0 Å². The van der Waals surface area contributed by atoms with Gasteiger partial charge in [-0.3, -0.25) is 0 Å². The molecule has 0 N–H and O–H groups in total. The SMILES string of the molecule is CCc1ccc2c(c1)C=CC(C)C2. The van der Waals surface area contributed by atoms with Gasteiger partial charge in [0.1, 0.15) is 0 Å². The number of allylic oxidation sites excluding steroid dienone is 1. The Kier molecular flexibility index (Phi) is 2.22. The van der Waals surface area contributed by atoms with Gasteiger partial charge in [0.2, 0.25) is 0 Å². The van der Waals surface area contributed by atoms with E-state index in [4.69, 9.17) is 0 Å². The Bertz CT molecular complexity index is 334. The lowest BCUT2D eigenvalue weighted by molar-refractivity contribution is 0.717. The maximum atomic E-state index is 2.32. The predicted molar refractivity (Wildman–Crippen MR) is 57.7 cm³/mol. The van der Waals surface area contributed by atoms with Crippen molar-refractivity contribution in [1.82, 2.24) is 0 Å². The Morgan fingerprint density at radius 2 is 2.23 bits per heavy atom. The van der Waals surface area contributed by atoms with Crippen LogP contribution in [0.2, 0.25) is 0 Å². The molecule has 68 valence electrons. The molecule has 0 heteroatoms. The van der Waals surface area contributed by atoms with Crippen molar-refractivity contribution in [3.05, 3.63) is 41.0 Å². The van der Waals surface area contributed by atoms with E-state index in [9.17, 15) is 0 Å². The smallest absolute Gasteiger partial charge is 0.0212 e. The minimum Gasteiger partial charge on any atom is -0.0808 e. The summed E-state index contributed by atoms with van der Waals surface area (Å²) in [6.45, 7) is 4.48. The molecule has 2 rings (SSSR count). The molecule has 0 heterocycles. The summed E-state index contributed by atoms with van der Waals surface area (Å²) in [7, 11) is 0. The highest BCUT2D eigenvalue weighted by atomic mass is 14.1. The van der Waals surface area contributed by atoms with Gasteiger partial charge >= 0.3 is 0 Å². The van der Waals surface area contributed by atoms with Crippen LogP contribution in [0.5, 0.6) is 0 Å². The largest absolute Gasteiger partial charge is 0.0808 e. The fraction of sp³-hybridized carbons (Fsp3) is 0.385. The average molecular weight is 172 g/mol. The molecule has 0 spiro atoms. The maximum Gasteiger partial charge on any atom is -0.0212 e. The average Bonchev–Trinajstić information content (AvgIpc) is 2.17. The summed E-state index contributed by atoms with van der Waals surface area (Å²) in [6, 6.07) is 6.86. The van der Waals surface area contributed by atoms with Crippen molar-refractivity contribution < 1.29 is 0 Å². The number of aryl methyl sites for hydroxylation is 1. The quantitative estimate of drug-likeness (QED) is 0.608. The Morgan fingerprint density at radius 3 is 3.00 bits per heavy atom. The number of fused-ring (bicyclic) bond motifs is 1. The van der Waals surface area contributed by atoms with Crippen LogP contribution in [-0.4, -0.2) is 0 Å². The molecule has 0 aromatic heterocycles. The summed E-state index contributed by atoms with van der Waals surface area (Å²) in [5.41, 5.74) is 4.38. The van der Waals surface area contributed by atoms with Gasteiger partial charge in [-0.25, -0.2) is 0 Å². The minimum absolute atomic E-state index is 0.708.